The molecule has 0 spiro atoms. The lowest BCUT2D eigenvalue weighted by Crippen LogP contribution is -2.37. The van der Waals surface area contributed by atoms with E-state index in [9.17, 15) is 9.90 Å². The van der Waals surface area contributed by atoms with Crippen LogP contribution in [0.5, 0.6) is 0 Å². The lowest BCUT2D eigenvalue weighted by molar-refractivity contribution is -0.177. The first-order valence-corrected chi connectivity index (χ1v) is 8.98. The second-order valence-electron chi connectivity index (χ2n) is 7.29. The van der Waals surface area contributed by atoms with E-state index in [-0.39, 0.29) is 6.10 Å². The number of aliphatic hydroxyl groups is 1. The topological polar surface area (TPSA) is 77.0 Å². The third-order valence-electron chi connectivity index (χ3n) is 3.75. The van der Waals surface area contributed by atoms with Crippen molar-refractivity contribution >= 4 is 6.09 Å². The number of carbonyl (C=O) groups is 1. The largest absolute Gasteiger partial charge is 0.444 e. The van der Waals surface area contributed by atoms with Gasteiger partial charge >= 0.3 is 6.09 Å². The molecule has 0 aliphatic carbocycles. The summed E-state index contributed by atoms with van der Waals surface area (Å²) in [5.74, 6) is 0. The van der Waals surface area contributed by atoms with Gasteiger partial charge in [-0.2, -0.15) is 0 Å². The standard InChI is InChI=1S/C20H29NO5/c1-20(2,3)26-19(23)21-13-7-10-17-16(22)11-12-18(25-17)24-14-15-8-5-4-6-9-15/h4-6,8-9,11-12,16-18,22H,7,10,13-14H2,1-3H3,(H,21,23)/t16-,17+,18-/m0/s1. The lowest BCUT2D eigenvalue weighted by atomic mass is 10.1. The average molecular weight is 363 g/mol. The molecule has 0 radical (unpaired) electrons. The summed E-state index contributed by atoms with van der Waals surface area (Å²) in [7, 11) is 0. The number of hydrogen-bond donors (Lipinski definition) is 2. The molecule has 2 rings (SSSR count). The van der Waals surface area contributed by atoms with E-state index in [0.717, 1.165) is 5.56 Å². The fourth-order valence-corrected chi connectivity index (χ4v) is 2.52. The molecule has 1 amide bonds. The van der Waals surface area contributed by atoms with Crippen molar-refractivity contribution in [3.63, 3.8) is 0 Å². The number of nitrogens with one attached hydrogen (secondary N) is 1. The molecular formula is C20H29NO5. The lowest BCUT2D eigenvalue weighted by Gasteiger charge is -2.29. The minimum absolute atomic E-state index is 0.360. The highest BCUT2D eigenvalue weighted by Crippen LogP contribution is 2.19. The number of ether oxygens (including phenoxy) is 3. The summed E-state index contributed by atoms with van der Waals surface area (Å²) < 4.78 is 16.7. The van der Waals surface area contributed by atoms with Gasteiger partial charge in [-0.25, -0.2) is 4.79 Å². The van der Waals surface area contributed by atoms with Gasteiger partial charge < -0.3 is 24.6 Å². The van der Waals surface area contributed by atoms with Crippen LogP contribution in [0.4, 0.5) is 4.79 Å². The first-order chi connectivity index (χ1) is 12.3. The zero-order valence-corrected chi connectivity index (χ0v) is 15.7. The summed E-state index contributed by atoms with van der Waals surface area (Å²) in [6, 6.07) is 9.85. The molecule has 26 heavy (non-hydrogen) atoms. The Morgan fingerprint density at radius 2 is 1.96 bits per heavy atom. The maximum absolute atomic E-state index is 11.6. The van der Waals surface area contributed by atoms with Crippen molar-refractivity contribution in [3.05, 3.63) is 48.0 Å². The first kappa shape index (κ1) is 20.4. The normalized spacial score (nSPS) is 22.8. The molecular weight excluding hydrogens is 334 g/mol. The molecule has 1 aromatic rings. The van der Waals surface area contributed by atoms with Crippen LogP contribution in [0.1, 0.15) is 39.2 Å². The van der Waals surface area contributed by atoms with Gasteiger partial charge in [0.25, 0.3) is 0 Å². The van der Waals surface area contributed by atoms with Gasteiger partial charge in [-0.3, -0.25) is 0 Å². The van der Waals surface area contributed by atoms with Crippen molar-refractivity contribution in [1.29, 1.82) is 0 Å². The van der Waals surface area contributed by atoms with Crippen LogP contribution in [0.15, 0.2) is 42.5 Å². The maximum atomic E-state index is 11.6. The molecule has 6 nitrogen and oxygen atoms in total. The van der Waals surface area contributed by atoms with Gasteiger partial charge in [-0.05, 0) is 45.3 Å². The van der Waals surface area contributed by atoms with Gasteiger partial charge in [0.15, 0.2) is 6.29 Å². The smallest absolute Gasteiger partial charge is 0.407 e. The Morgan fingerprint density at radius 3 is 2.65 bits per heavy atom. The Bertz CT molecular complexity index is 582. The summed E-state index contributed by atoms with van der Waals surface area (Å²) in [5, 5.41) is 12.8. The zero-order chi connectivity index (χ0) is 19.0. The van der Waals surface area contributed by atoms with Gasteiger partial charge in [0.1, 0.15) is 5.60 Å². The molecule has 0 saturated carbocycles. The molecule has 0 fully saturated rings. The van der Waals surface area contributed by atoms with Crippen LogP contribution >= 0.6 is 0 Å². The number of amides is 1. The molecule has 3 atom stereocenters. The highest BCUT2D eigenvalue weighted by atomic mass is 16.7. The van der Waals surface area contributed by atoms with E-state index in [1.807, 2.05) is 51.1 Å². The first-order valence-electron chi connectivity index (χ1n) is 8.98. The Labute approximate surface area is 155 Å². The zero-order valence-electron chi connectivity index (χ0n) is 15.7. The summed E-state index contributed by atoms with van der Waals surface area (Å²) >= 11 is 0. The average Bonchev–Trinajstić information content (AvgIpc) is 2.58. The summed E-state index contributed by atoms with van der Waals surface area (Å²) in [4.78, 5) is 11.6. The van der Waals surface area contributed by atoms with Gasteiger partial charge in [0, 0.05) is 6.54 Å². The molecule has 144 valence electrons. The van der Waals surface area contributed by atoms with Gasteiger partial charge in [0.05, 0.1) is 18.8 Å². The number of carbonyl (C=O) groups excluding carboxylic acids is 1. The molecule has 1 heterocycles. The van der Waals surface area contributed by atoms with E-state index < -0.39 is 24.1 Å². The molecule has 0 saturated heterocycles. The van der Waals surface area contributed by atoms with Crippen molar-refractivity contribution in [3.8, 4) is 0 Å². The molecule has 1 aliphatic heterocycles. The number of alkyl carbamates (subject to hydrolysis) is 1. The van der Waals surface area contributed by atoms with Crippen LogP contribution in [0.3, 0.4) is 0 Å². The molecule has 1 aromatic carbocycles. The Morgan fingerprint density at radius 1 is 1.23 bits per heavy atom. The fraction of sp³-hybridized carbons (Fsp3) is 0.550. The molecule has 2 N–H and O–H groups in total. The van der Waals surface area contributed by atoms with Crippen molar-refractivity contribution in [2.45, 2.75) is 64.3 Å². The minimum Gasteiger partial charge on any atom is -0.444 e. The Kier molecular flexibility index (Phi) is 7.63. The Balaban J connectivity index is 1.69. The van der Waals surface area contributed by atoms with Gasteiger partial charge in [0.2, 0.25) is 0 Å². The monoisotopic (exact) mass is 363 g/mol. The van der Waals surface area contributed by atoms with Crippen LogP contribution in [-0.2, 0) is 20.8 Å². The fourth-order valence-electron chi connectivity index (χ4n) is 2.52. The molecule has 0 bridgehead atoms. The van der Waals surface area contributed by atoms with E-state index in [1.54, 1.807) is 12.2 Å². The van der Waals surface area contributed by atoms with Gasteiger partial charge in [-0.1, -0.05) is 36.4 Å². The summed E-state index contributed by atoms with van der Waals surface area (Å²) in [5.41, 5.74) is 0.551. The molecule has 0 unspecified atom stereocenters. The maximum Gasteiger partial charge on any atom is 0.407 e. The van der Waals surface area contributed by atoms with E-state index in [1.165, 1.54) is 0 Å². The number of hydrogen-bond acceptors (Lipinski definition) is 5. The number of aliphatic hydroxyl groups excluding tert-OH is 1. The van der Waals surface area contributed by atoms with E-state index in [0.29, 0.717) is 26.0 Å². The predicted molar refractivity (Wildman–Crippen MR) is 98.5 cm³/mol. The molecule has 1 aliphatic rings. The SMILES string of the molecule is CC(C)(C)OC(=O)NCCC[C@H]1O[C@H](OCc2ccccc2)C=C[C@@H]1O. The van der Waals surface area contributed by atoms with Crippen molar-refractivity contribution in [2.75, 3.05) is 6.54 Å². The number of benzene rings is 1. The number of rotatable bonds is 7. The van der Waals surface area contributed by atoms with Crippen LogP contribution in [0.25, 0.3) is 0 Å². The van der Waals surface area contributed by atoms with Crippen LogP contribution in [-0.4, -0.2) is 41.8 Å². The van der Waals surface area contributed by atoms with Gasteiger partial charge in [-0.15, -0.1) is 0 Å². The summed E-state index contributed by atoms with van der Waals surface area (Å²) in [6.45, 7) is 6.36. The predicted octanol–water partition coefficient (Wildman–Crippen LogP) is 3.15. The summed E-state index contributed by atoms with van der Waals surface area (Å²) in [6.07, 6.45) is 2.74. The Hall–Kier alpha value is -1.89. The van der Waals surface area contributed by atoms with E-state index >= 15 is 0 Å². The van der Waals surface area contributed by atoms with Crippen LogP contribution in [0, 0.1) is 0 Å². The van der Waals surface area contributed by atoms with E-state index in [2.05, 4.69) is 5.32 Å². The quantitative estimate of drug-likeness (QED) is 0.575. The van der Waals surface area contributed by atoms with Crippen molar-refractivity contribution in [2.24, 2.45) is 0 Å². The van der Waals surface area contributed by atoms with Crippen LogP contribution in [0.2, 0.25) is 0 Å². The highest BCUT2D eigenvalue weighted by molar-refractivity contribution is 5.67. The van der Waals surface area contributed by atoms with Crippen molar-refractivity contribution < 1.29 is 24.1 Å². The second kappa shape index (κ2) is 9.71. The molecule has 6 heteroatoms. The van der Waals surface area contributed by atoms with Crippen molar-refractivity contribution in [1.82, 2.24) is 5.32 Å². The third-order valence-corrected chi connectivity index (χ3v) is 3.75. The van der Waals surface area contributed by atoms with Crippen LogP contribution < -0.4 is 5.32 Å². The minimum atomic E-state index is -0.673. The highest BCUT2D eigenvalue weighted by Gasteiger charge is 2.26. The second-order valence-corrected chi connectivity index (χ2v) is 7.29. The molecule has 0 aromatic heterocycles. The third kappa shape index (κ3) is 7.56. The van der Waals surface area contributed by atoms with E-state index in [4.69, 9.17) is 14.2 Å².